The summed E-state index contributed by atoms with van der Waals surface area (Å²) in [6.07, 6.45) is -3.17. The maximum atomic E-state index is 11.7. The van der Waals surface area contributed by atoms with Crippen LogP contribution < -0.4 is 4.74 Å². The van der Waals surface area contributed by atoms with Crippen molar-refractivity contribution < 1.29 is 33.3 Å². The van der Waals surface area contributed by atoms with Gasteiger partial charge >= 0.3 is 11.9 Å². The number of hydrogen-bond acceptors (Lipinski definition) is 7. The Morgan fingerprint density at radius 2 is 1.38 bits per heavy atom. The van der Waals surface area contributed by atoms with E-state index < -0.39 is 30.4 Å². The van der Waals surface area contributed by atoms with E-state index >= 15 is 0 Å². The molecule has 1 aromatic rings. The van der Waals surface area contributed by atoms with Gasteiger partial charge in [0.25, 0.3) is 0 Å². The molecule has 1 fully saturated rings. The first-order chi connectivity index (χ1) is 10.1. The highest BCUT2D eigenvalue weighted by atomic mass is 16.8. The van der Waals surface area contributed by atoms with E-state index in [0.717, 1.165) is 0 Å². The van der Waals surface area contributed by atoms with E-state index in [4.69, 9.17) is 14.2 Å². The van der Waals surface area contributed by atoms with Gasteiger partial charge in [-0.1, -0.05) is 12.1 Å². The van der Waals surface area contributed by atoms with Gasteiger partial charge in [0, 0.05) is 5.56 Å². The molecule has 1 heterocycles. The van der Waals surface area contributed by atoms with E-state index in [2.05, 4.69) is 9.47 Å². The summed E-state index contributed by atoms with van der Waals surface area (Å²) in [5.41, 5.74) is 0.649. The summed E-state index contributed by atoms with van der Waals surface area (Å²) in [7, 11) is 3.97. The molecule has 21 heavy (non-hydrogen) atoms. The molecular formula is C14H16O7. The zero-order valence-electron chi connectivity index (χ0n) is 11.9. The molecule has 0 unspecified atom stereocenters. The maximum absolute atomic E-state index is 11.7. The average molecular weight is 296 g/mol. The number of ether oxygens (including phenoxy) is 5. The summed E-state index contributed by atoms with van der Waals surface area (Å²) in [4.78, 5) is 23.3. The molecule has 0 radical (unpaired) electrons. The Labute approximate surface area is 121 Å². The van der Waals surface area contributed by atoms with Gasteiger partial charge < -0.3 is 23.7 Å². The second-order valence-corrected chi connectivity index (χ2v) is 4.26. The molecule has 2 rings (SSSR count). The number of hydrogen-bond donors (Lipinski definition) is 0. The van der Waals surface area contributed by atoms with Gasteiger partial charge in [-0.05, 0) is 12.1 Å². The van der Waals surface area contributed by atoms with E-state index in [9.17, 15) is 9.59 Å². The van der Waals surface area contributed by atoms with Gasteiger partial charge in [-0.3, -0.25) is 0 Å². The Hall–Kier alpha value is -2.12. The van der Waals surface area contributed by atoms with Crippen molar-refractivity contribution in [1.29, 1.82) is 0 Å². The van der Waals surface area contributed by atoms with Crippen LogP contribution in [-0.4, -0.2) is 45.5 Å². The average Bonchev–Trinajstić information content (AvgIpc) is 2.98. The summed E-state index contributed by atoms with van der Waals surface area (Å²) >= 11 is 0. The topological polar surface area (TPSA) is 80.3 Å². The standard InChI is InChI=1S/C14H16O7/c1-17-9-6-4-8(5-7-9)14-20-10(12(15)18-2)11(21-14)13(16)19-3/h4-7,10-11,14H,1-3H3/t10-,11-/m0/s1. The first-order valence-electron chi connectivity index (χ1n) is 6.21. The zero-order chi connectivity index (χ0) is 15.4. The van der Waals surface area contributed by atoms with Gasteiger partial charge in [0.1, 0.15) is 5.75 Å². The molecule has 1 saturated heterocycles. The molecule has 1 aliphatic rings. The lowest BCUT2D eigenvalue weighted by Gasteiger charge is -2.11. The number of rotatable bonds is 4. The van der Waals surface area contributed by atoms with Gasteiger partial charge in [-0.25, -0.2) is 9.59 Å². The molecule has 7 nitrogen and oxygen atoms in total. The van der Waals surface area contributed by atoms with Crippen LogP contribution in [0.25, 0.3) is 0 Å². The third-order valence-corrected chi connectivity index (χ3v) is 3.07. The molecule has 1 aliphatic heterocycles. The number of benzene rings is 1. The predicted octanol–water partition coefficient (Wildman–Crippen LogP) is 0.824. The monoisotopic (exact) mass is 296 g/mol. The lowest BCUT2D eigenvalue weighted by Crippen LogP contribution is -2.38. The molecule has 0 aromatic heterocycles. The summed E-state index contributed by atoms with van der Waals surface area (Å²) in [5.74, 6) is -0.714. The highest BCUT2D eigenvalue weighted by molar-refractivity contribution is 5.86. The third kappa shape index (κ3) is 3.14. The number of methoxy groups -OCH3 is 3. The van der Waals surface area contributed by atoms with Gasteiger partial charge in [0.2, 0.25) is 0 Å². The summed E-state index contributed by atoms with van der Waals surface area (Å²) in [5, 5.41) is 0. The minimum atomic E-state index is -1.16. The van der Waals surface area contributed by atoms with Crippen molar-refractivity contribution in [2.24, 2.45) is 0 Å². The lowest BCUT2D eigenvalue weighted by molar-refractivity contribution is -0.160. The van der Waals surface area contributed by atoms with E-state index in [1.165, 1.54) is 14.2 Å². The number of carbonyl (C=O) groups excluding carboxylic acids is 2. The molecule has 0 N–H and O–H groups in total. The number of carbonyl (C=O) groups is 2. The second kappa shape index (κ2) is 6.55. The Morgan fingerprint density at radius 1 is 0.905 bits per heavy atom. The van der Waals surface area contributed by atoms with Crippen LogP contribution in [0.15, 0.2) is 24.3 Å². The summed E-state index contributed by atoms with van der Waals surface area (Å²) in [6, 6.07) is 6.89. The maximum Gasteiger partial charge on any atom is 0.338 e. The van der Waals surface area contributed by atoms with Crippen LogP contribution in [0.5, 0.6) is 5.75 Å². The third-order valence-electron chi connectivity index (χ3n) is 3.07. The fourth-order valence-corrected chi connectivity index (χ4v) is 1.95. The van der Waals surface area contributed by atoms with Crippen LogP contribution in [-0.2, 0) is 28.5 Å². The smallest absolute Gasteiger partial charge is 0.338 e. The number of esters is 2. The van der Waals surface area contributed by atoms with Gasteiger partial charge in [0.05, 0.1) is 21.3 Å². The fourth-order valence-electron chi connectivity index (χ4n) is 1.95. The van der Waals surface area contributed by atoms with Crippen LogP contribution >= 0.6 is 0 Å². The highest BCUT2D eigenvalue weighted by Crippen LogP contribution is 2.33. The molecule has 0 spiro atoms. The lowest BCUT2D eigenvalue weighted by atomic mass is 10.2. The molecule has 0 aliphatic carbocycles. The van der Waals surface area contributed by atoms with Crippen molar-refractivity contribution in [2.75, 3.05) is 21.3 Å². The van der Waals surface area contributed by atoms with Crippen molar-refractivity contribution in [2.45, 2.75) is 18.5 Å². The zero-order valence-corrected chi connectivity index (χ0v) is 11.9. The highest BCUT2D eigenvalue weighted by Gasteiger charge is 2.47. The Morgan fingerprint density at radius 3 is 1.76 bits per heavy atom. The molecular weight excluding hydrogens is 280 g/mol. The van der Waals surface area contributed by atoms with Crippen molar-refractivity contribution in [3.63, 3.8) is 0 Å². The minimum Gasteiger partial charge on any atom is -0.497 e. The molecule has 2 atom stereocenters. The van der Waals surface area contributed by atoms with Crippen LogP contribution in [0.2, 0.25) is 0 Å². The molecule has 1 aromatic carbocycles. The van der Waals surface area contributed by atoms with Gasteiger partial charge in [0.15, 0.2) is 18.5 Å². The Kier molecular flexibility index (Phi) is 4.77. The Bertz CT molecular complexity index is 487. The summed E-state index contributed by atoms with van der Waals surface area (Å²) < 4.78 is 25.2. The van der Waals surface area contributed by atoms with Crippen LogP contribution in [0.1, 0.15) is 11.9 Å². The van der Waals surface area contributed by atoms with Crippen LogP contribution in [0.3, 0.4) is 0 Å². The largest absolute Gasteiger partial charge is 0.497 e. The minimum absolute atomic E-state index is 0.649. The molecule has 114 valence electrons. The van der Waals surface area contributed by atoms with E-state index in [-0.39, 0.29) is 0 Å². The van der Waals surface area contributed by atoms with Crippen molar-refractivity contribution in [1.82, 2.24) is 0 Å². The van der Waals surface area contributed by atoms with Crippen LogP contribution in [0.4, 0.5) is 0 Å². The SMILES string of the molecule is COC(=O)[C@H]1OC(c2ccc(OC)cc2)O[C@@H]1C(=O)OC. The molecule has 7 heteroatoms. The van der Waals surface area contributed by atoms with E-state index in [0.29, 0.717) is 11.3 Å². The first kappa shape index (κ1) is 15.3. The predicted molar refractivity (Wildman–Crippen MR) is 69.5 cm³/mol. The van der Waals surface area contributed by atoms with Crippen molar-refractivity contribution in [3.05, 3.63) is 29.8 Å². The van der Waals surface area contributed by atoms with E-state index in [1.807, 2.05) is 0 Å². The fraction of sp³-hybridized carbons (Fsp3) is 0.429. The first-order valence-corrected chi connectivity index (χ1v) is 6.21. The summed E-state index contributed by atoms with van der Waals surface area (Å²) in [6.45, 7) is 0. The molecule has 0 bridgehead atoms. The van der Waals surface area contributed by atoms with Crippen molar-refractivity contribution >= 4 is 11.9 Å². The van der Waals surface area contributed by atoms with Crippen molar-refractivity contribution in [3.8, 4) is 5.75 Å². The van der Waals surface area contributed by atoms with Crippen LogP contribution in [0, 0.1) is 0 Å². The molecule has 0 amide bonds. The van der Waals surface area contributed by atoms with Gasteiger partial charge in [-0.15, -0.1) is 0 Å². The Balaban J connectivity index is 2.19. The normalized spacial score (nSPS) is 21.9. The van der Waals surface area contributed by atoms with E-state index in [1.54, 1.807) is 31.4 Å². The van der Waals surface area contributed by atoms with Gasteiger partial charge in [-0.2, -0.15) is 0 Å². The second-order valence-electron chi connectivity index (χ2n) is 4.26. The quantitative estimate of drug-likeness (QED) is 0.761. The molecule has 0 saturated carbocycles.